The fourth-order valence-electron chi connectivity index (χ4n) is 2.72. The molecule has 2 aromatic rings. The number of carbonyl (C=O) groups is 1. The molecule has 3 rings (SSSR count). The van der Waals surface area contributed by atoms with Gasteiger partial charge in [-0.15, -0.1) is 0 Å². The third kappa shape index (κ3) is 3.77. The number of amides is 1. The zero-order valence-corrected chi connectivity index (χ0v) is 16.7. The second-order valence-electron chi connectivity index (χ2n) is 7.01. The summed E-state index contributed by atoms with van der Waals surface area (Å²) in [6.07, 6.45) is -0.990. The van der Waals surface area contributed by atoms with Gasteiger partial charge >= 0.3 is 6.09 Å². The molecule has 1 aliphatic heterocycles. The van der Waals surface area contributed by atoms with Gasteiger partial charge in [-0.1, -0.05) is 22.6 Å². The van der Waals surface area contributed by atoms with Crippen molar-refractivity contribution in [3.8, 4) is 0 Å². The number of ether oxygens (including phenoxy) is 2. The van der Waals surface area contributed by atoms with Crippen molar-refractivity contribution in [1.29, 1.82) is 0 Å². The average Bonchev–Trinajstić information content (AvgIpc) is 3.09. The molecular formula is C16H21IN4O5. The van der Waals surface area contributed by atoms with Gasteiger partial charge in [-0.05, 0) is 26.8 Å². The number of fused-ring (bicyclic) bond motifs is 1. The quantitative estimate of drug-likeness (QED) is 0.457. The van der Waals surface area contributed by atoms with E-state index in [-0.39, 0.29) is 0 Å². The topological polar surface area (TPSA) is 119 Å². The Balaban J connectivity index is 1.89. The molecule has 1 fully saturated rings. The Hall–Kier alpha value is -1.50. The highest BCUT2D eigenvalue weighted by atomic mass is 127. The number of aliphatic hydroxyl groups excluding tert-OH is 2. The molecular weight excluding hydrogens is 455 g/mol. The lowest BCUT2D eigenvalue weighted by molar-refractivity contribution is -0.0283. The predicted molar refractivity (Wildman–Crippen MR) is 102 cm³/mol. The van der Waals surface area contributed by atoms with Crippen LogP contribution in [0.3, 0.4) is 0 Å². The molecule has 1 saturated heterocycles. The molecule has 0 saturated carbocycles. The number of hydrogen-bond acceptors (Lipinski definition) is 7. The number of carbonyl (C=O) groups excluding carboxylic acids is 1. The van der Waals surface area contributed by atoms with Crippen molar-refractivity contribution in [2.24, 2.45) is 0 Å². The van der Waals surface area contributed by atoms with Crippen LogP contribution in [-0.4, -0.2) is 59.2 Å². The summed E-state index contributed by atoms with van der Waals surface area (Å²) >= 11 is 2.09. The molecule has 10 heteroatoms. The summed E-state index contributed by atoms with van der Waals surface area (Å²) in [6.45, 7) is 5.32. The van der Waals surface area contributed by atoms with E-state index in [0.717, 1.165) is 0 Å². The van der Waals surface area contributed by atoms with Crippen molar-refractivity contribution in [1.82, 2.24) is 14.5 Å². The summed E-state index contributed by atoms with van der Waals surface area (Å²) < 4.78 is 13.1. The molecule has 1 aliphatic rings. The Morgan fingerprint density at radius 1 is 1.38 bits per heavy atom. The van der Waals surface area contributed by atoms with E-state index in [1.165, 1.54) is 12.5 Å². The van der Waals surface area contributed by atoms with Crippen molar-refractivity contribution in [2.45, 2.75) is 50.9 Å². The predicted octanol–water partition coefficient (Wildman–Crippen LogP) is 1.83. The zero-order valence-electron chi connectivity index (χ0n) is 14.6. The van der Waals surface area contributed by atoms with Crippen LogP contribution in [0.4, 0.5) is 10.5 Å². The van der Waals surface area contributed by atoms with Gasteiger partial charge in [0.25, 0.3) is 0 Å². The summed E-state index contributed by atoms with van der Waals surface area (Å²) in [4.78, 5) is 20.6. The number of anilines is 1. The number of rotatable bonds is 3. The standard InChI is InChI=1S/C16H21IN4O5/c1-16(2,3)26-15(24)20-8-4-5-18-13-10(8)19-7-21(13)14-12(23)11(22)9(6-17)25-14/h4-5,7,9,11-12,14,22-23H,6H2,1-3H3,(H,18,20,24)/t9-,11-,12-,14-/m1/s1. The number of aromatic nitrogens is 3. The normalized spacial score (nSPS) is 26.2. The molecule has 0 unspecified atom stereocenters. The lowest BCUT2D eigenvalue weighted by atomic mass is 10.1. The van der Waals surface area contributed by atoms with Crippen molar-refractivity contribution < 1.29 is 24.5 Å². The molecule has 3 N–H and O–H groups in total. The number of nitrogens with one attached hydrogen (secondary N) is 1. The first-order chi connectivity index (χ1) is 12.2. The first kappa shape index (κ1) is 19.3. The van der Waals surface area contributed by atoms with Crippen molar-refractivity contribution in [3.63, 3.8) is 0 Å². The number of hydrogen-bond donors (Lipinski definition) is 3. The van der Waals surface area contributed by atoms with Gasteiger partial charge in [0.15, 0.2) is 11.9 Å². The molecule has 3 heterocycles. The van der Waals surface area contributed by atoms with Gasteiger partial charge in [0, 0.05) is 10.6 Å². The van der Waals surface area contributed by atoms with E-state index in [2.05, 4.69) is 37.9 Å². The third-order valence-corrected chi connectivity index (χ3v) is 4.73. The van der Waals surface area contributed by atoms with E-state index in [4.69, 9.17) is 9.47 Å². The zero-order chi connectivity index (χ0) is 19.1. The van der Waals surface area contributed by atoms with Crippen LogP contribution in [0, 0.1) is 0 Å². The maximum atomic E-state index is 12.0. The molecule has 0 radical (unpaired) electrons. The Morgan fingerprint density at radius 3 is 2.73 bits per heavy atom. The Kier molecular flexibility index (Phi) is 5.37. The minimum atomic E-state index is -1.10. The molecule has 9 nitrogen and oxygen atoms in total. The van der Waals surface area contributed by atoms with Crippen LogP contribution < -0.4 is 5.32 Å². The van der Waals surface area contributed by atoms with E-state index in [9.17, 15) is 15.0 Å². The van der Waals surface area contributed by atoms with Crippen LogP contribution in [0.1, 0.15) is 27.0 Å². The number of halogens is 1. The lowest BCUT2D eigenvalue weighted by Gasteiger charge is -2.19. The third-order valence-electron chi connectivity index (χ3n) is 3.86. The van der Waals surface area contributed by atoms with E-state index >= 15 is 0 Å². The van der Waals surface area contributed by atoms with Gasteiger partial charge in [-0.25, -0.2) is 14.8 Å². The molecule has 26 heavy (non-hydrogen) atoms. The Bertz CT molecular complexity index is 806. The molecule has 142 valence electrons. The fourth-order valence-corrected chi connectivity index (χ4v) is 3.45. The van der Waals surface area contributed by atoms with Gasteiger partial charge in [-0.2, -0.15) is 0 Å². The molecule has 0 aliphatic carbocycles. The SMILES string of the molecule is CC(C)(C)OC(=O)Nc1ccnc2c1ncn2[C@@H]1O[C@H](CI)[C@@H](O)[C@H]1O. The summed E-state index contributed by atoms with van der Waals surface area (Å²) in [7, 11) is 0. The van der Waals surface area contributed by atoms with E-state index < -0.39 is 36.2 Å². The van der Waals surface area contributed by atoms with E-state index in [0.29, 0.717) is 21.3 Å². The first-order valence-electron chi connectivity index (χ1n) is 8.10. The smallest absolute Gasteiger partial charge is 0.412 e. The van der Waals surface area contributed by atoms with Crippen molar-refractivity contribution in [3.05, 3.63) is 18.6 Å². The van der Waals surface area contributed by atoms with Gasteiger partial charge in [0.2, 0.25) is 0 Å². The molecule has 0 aromatic carbocycles. The molecule has 0 spiro atoms. The second kappa shape index (κ2) is 7.25. The van der Waals surface area contributed by atoms with Crippen LogP contribution in [0.15, 0.2) is 18.6 Å². The number of imidazole rings is 1. The van der Waals surface area contributed by atoms with Crippen molar-refractivity contribution >= 4 is 45.5 Å². The van der Waals surface area contributed by atoms with Gasteiger partial charge in [0.05, 0.1) is 18.1 Å². The Morgan fingerprint density at radius 2 is 2.12 bits per heavy atom. The van der Waals surface area contributed by atoms with Gasteiger partial charge in [-0.3, -0.25) is 9.88 Å². The van der Waals surface area contributed by atoms with Gasteiger partial charge in [0.1, 0.15) is 23.3 Å². The number of aliphatic hydroxyl groups is 2. The number of nitrogens with zero attached hydrogens (tertiary/aromatic N) is 3. The first-order valence-corrected chi connectivity index (χ1v) is 9.63. The highest BCUT2D eigenvalue weighted by Crippen LogP contribution is 2.33. The Labute approximate surface area is 163 Å². The monoisotopic (exact) mass is 476 g/mol. The van der Waals surface area contributed by atoms with Crippen LogP contribution in [0.25, 0.3) is 11.2 Å². The minimum Gasteiger partial charge on any atom is -0.444 e. The molecule has 0 bridgehead atoms. The molecule has 4 atom stereocenters. The average molecular weight is 476 g/mol. The van der Waals surface area contributed by atoms with Crippen LogP contribution in [0.2, 0.25) is 0 Å². The fraction of sp³-hybridized carbons (Fsp3) is 0.562. The summed E-state index contributed by atoms with van der Waals surface area (Å²) in [5, 5.41) is 23.0. The van der Waals surface area contributed by atoms with E-state index in [1.807, 2.05) is 0 Å². The van der Waals surface area contributed by atoms with Crippen LogP contribution >= 0.6 is 22.6 Å². The van der Waals surface area contributed by atoms with Gasteiger partial charge < -0.3 is 19.7 Å². The summed E-state index contributed by atoms with van der Waals surface area (Å²) in [5.41, 5.74) is 0.661. The maximum absolute atomic E-state index is 12.0. The highest BCUT2D eigenvalue weighted by Gasteiger charge is 2.43. The van der Waals surface area contributed by atoms with E-state index in [1.54, 1.807) is 31.4 Å². The highest BCUT2D eigenvalue weighted by molar-refractivity contribution is 14.1. The van der Waals surface area contributed by atoms with Crippen LogP contribution in [-0.2, 0) is 9.47 Å². The second-order valence-corrected chi connectivity index (χ2v) is 7.89. The molecule has 2 aromatic heterocycles. The summed E-state index contributed by atoms with van der Waals surface area (Å²) in [6, 6.07) is 1.61. The summed E-state index contributed by atoms with van der Waals surface area (Å²) in [5.74, 6) is 0. The molecule has 1 amide bonds. The van der Waals surface area contributed by atoms with Crippen molar-refractivity contribution in [2.75, 3.05) is 9.74 Å². The maximum Gasteiger partial charge on any atom is 0.412 e. The lowest BCUT2D eigenvalue weighted by Crippen LogP contribution is -2.32. The number of alkyl halides is 1. The van der Waals surface area contributed by atoms with Crippen LogP contribution in [0.5, 0.6) is 0 Å². The number of pyridine rings is 1. The largest absolute Gasteiger partial charge is 0.444 e. The minimum absolute atomic E-state index is 0.420.